The van der Waals surface area contributed by atoms with Gasteiger partial charge < -0.3 is 19.9 Å². The predicted molar refractivity (Wildman–Crippen MR) is 204 cm³/mol. The van der Waals surface area contributed by atoms with E-state index < -0.39 is 11.4 Å². The second-order valence-electron chi connectivity index (χ2n) is 20.1. The number of hydrogen-bond donors (Lipinski definition) is 2. The lowest BCUT2D eigenvalue weighted by Crippen LogP contribution is -2.67. The second kappa shape index (κ2) is 13.5. The Balaban J connectivity index is 1.23. The first-order chi connectivity index (χ1) is 24.2. The summed E-state index contributed by atoms with van der Waals surface area (Å²) in [5, 5.41) is 12.8. The van der Waals surface area contributed by atoms with Crippen LogP contribution in [0.2, 0.25) is 0 Å². The van der Waals surface area contributed by atoms with Crippen LogP contribution in [0, 0.1) is 62.1 Å². The van der Waals surface area contributed by atoms with Crippen molar-refractivity contribution in [2.24, 2.45) is 62.1 Å². The molecule has 0 spiro atoms. The molecule has 288 valence electrons. The molecule has 0 unspecified atom stereocenters. The van der Waals surface area contributed by atoms with E-state index in [1.165, 1.54) is 12.0 Å². The summed E-state index contributed by atoms with van der Waals surface area (Å²) < 4.78 is 11.7. The number of ether oxygens (including phenoxy) is 2. The zero-order valence-electron chi connectivity index (χ0n) is 33.7. The molecule has 0 saturated heterocycles. The smallest absolute Gasteiger partial charge is 0.306 e. The Kier molecular flexibility index (Phi) is 10.1. The number of rotatable bonds is 10. The van der Waals surface area contributed by atoms with Crippen LogP contribution in [0.1, 0.15) is 138 Å². The zero-order chi connectivity index (χ0) is 38.1. The van der Waals surface area contributed by atoms with Gasteiger partial charge in [0.15, 0.2) is 0 Å². The minimum Gasteiger partial charge on any atom is -0.497 e. The second-order valence-corrected chi connectivity index (χ2v) is 20.1. The van der Waals surface area contributed by atoms with Gasteiger partial charge in [-0.2, -0.15) is 0 Å². The van der Waals surface area contributed by atoms with Crippen molar-refractivity contribution in [3.8, 4) is 5.75 Å². The fourth-order valence-electron chi connectivity index (χ4n) is 13.9. The normalized spacial score (nSPS) is 39.2. The van der Waals surface area contributed by atoms with Gasteiger partial charge in [-0.25, -0.2) is 0 Å². The average molecular weight is 718 g/mol. The van der Waals surface area contributed by atoms with E-state index in [1.807, 2.05) is 32.0 Å². The van der Waals surface area contributed by atoms with E-state index in [-0.39, 0.29) is 57.9 Å². The van der Waals surface area contributed by atoms with Crippen LogP contribution in [-0.2, 0) is 25.7 Å². The number of methoxy groups -OCH3 is 1. The van der Waals surface area contributed by atoms with Gasteiger partial charge in [0, 0.05) is 12.0 Å². The highest BCUT2D eigenvalue weighted by Crippen LogP contribution is 2.77. The molecule has 5 aliphatic rings. The van der Waals surface area contributed by atoms with Crippen molar-refractivity contribution < 1.29 is 29.0 Å². The first-order valence-corrected chi connectivity index (χ1v) is 20.2. The van der Waals surface area contributed by atoms with Gasteiger partial charge in [0.2, 0.25) is 5.91 Å². The monoisotopic (exact) mass is 717 g/mol. The lowest BCUT2D eigenvalue weighted by molar-refractivity contribution is -0.249. The lowest BCUT2D eigenvalue weighted by Gasteiger charge is -2.72. The third-order valence-electron chi connectivity index (χ3n) is 16.6. The number of hydrogen-bond acceptors (Lipinski definition) is 5. The van der Waals surface area contributed by atoms with E-state index in [9.17, 15) is 19.5 Å². The Labute approximate surface area is 313 Å². The highest BCUT2D eigenvalue weighted by molar-refractivity contribution is 5.84. The van der Waals surface area contributed by atoms with Crippen molar-refractivity contribution in [2.75, 3.05) is 7.11 Å². The van der Waals surface area contributed by atoms with Crippen LogP contribution < -0.4 is 10.1 Å². The van der Waals surface area contributed by atoms with Gasteiger partial charge in [-0.3, -0.25) is 14.4 Å². The molecular weight excluding hydrogens is 650 g/mol. The fraction of sp³-hybridized carbons (Fsp3) is 0.756. The van der Waals surface area contributed by atoms with Gasteiger partial charge in [-0.15, -0.1) is 0 Å². The number of allylic oxidation sites excluding steroid dienone is 1. The number of carbonyl (C=O) groups excluding carboxylic acids is 2. The molecule has 0 aromatic heterocycles. The van der Waals surface area contributed by atoms with Crippen LogP contribution in [0.3, 0.4) is 0 Å². The first kappa shape index (κ1) is 38.9. The molecular formula is C45H67NO6. The van der Waals surface area contributed by atoms with Gasteiger partial charge >= 0.3 is 11.9 Å². The predicted octanol–water partition coefficient (Wildman–Crippen LogP) is 9.77. The van der Waals surface area contributed by atoms with Crippen molar-refractivity contribution >= 4 is 17.8 Å². The van der Waals surface area contributed by atoms with Crippen LogP contribution >= 0.6 is 0 Å². The van der Waals surface area contributed by atoms with Crippen molar-refractivity contribution in [2.45, 2.75) is 145 Å². The van der Waals surface area contributed by atoms with Gasteiger partial charge in [0.25, 0.3) is 0 Å². The molecule has 2 N–H and O–H groups in total. The summed E-state index contributed by atoms with van der Waals surface area (Å²) in [6.45, 7) is 23.3. The van der Waals surface area contributed by atoms with Crippen LogP contribution in [-0.4, -0.2) is 36.2 Å². The summed E-state index contributed by atoms with van der Waals surface area (Å²) >= 11 is 0. The average Bonchev–Trinajstić information content (AvgIpc) is 3.46. The van der Waals surface area contributed by atoms with E-state index in [1.54, 1.807) is 7.11 Å². The molecule has 7 heteroatoms. The molecule has 6 rings (SSSR count). The van der Waals surface area contributed by atoms with Gasteiger partial charge in [0.1, 0.15) is 11.9 Å². The maximum Gasteiger partial charge on any atom is 0.306 e. The van der Waals surface area contributed by atoms with E-state index in [4.69, 9.17) is 9.47 Å². The fourth-order valence-corrected chi connectivity index (χ4v) is 13.9. The topological polar surface area (TPSA) is 102 Å². The standard InChI is InChI=1S/C45H67NO6/c1-28(2)31-16-21-45(39(50)46-27-29-12-11-13-30(24-29)51-10)23-22-43(8)32(38(31)45)14-15-34-42(7)19-18-35(41(5,6)33(42)17-20-44(34,43)9)52-37(49)26-40(3,4)25-36(47)48/h11-13,24,31-35,38H,1,14-23,25-27H2,2-10H3,(H,46,50)(H,47,48)/t31-,32+,33-,34+,35-,38+,42-,43+,44+,45-/m0/s1. The number of esters is 1. The van der Waals surface area contributed by atoms with Crippen LogP contribution in [0.4, 0.5) is 0 Å². The van der Waals surface area contributed by atoms with Crippen molar-refractivity contribution in [3.05, 3.63) is 42.0 Å². The maximum absolute atomic E-state index is 14.5. The molecule has 1 aromatic rings. The molecule has 1 amide bonds. The summed E-state index contributed by atoms with van der Waals surface area (Å²) in [4.78, 5) is 39.2. The van der Waals surface area contributed by atoms with Gasteiger partial charge in [-0.05, 0) is 140 Å². The highest BCUT2D eigenvalue weighted by atomic mass is 16.5. The quantitative estimate of drug-likeness (QED) is 0.185. The van der Waals surface area contributed by atoms with Crippen molar-refractivity contribution in [1.29, 1.82) is 0 Å². The van der Waals surface area contributed by atoms with Gasteiger partial charge in [0.05, 0.1) is 25.4 Å². The van der Waals surface area contributed by atoms with E-state index in [2.05, 4.69) is 59.5 Å². The summed E-state index contributed by atoms with van der Waals surface area (Å²) in [5.41, 5.74) is 1.50. The highest BCUT2D eigenvalue weighted by Gasteiger charge is 2.72. The molecule has 5 aliphatic carbocycles. The number of carboxylic acid groups (broad SMARTS) is 1. The maximum atomic E-state index is 14.5. The first-order valence-electron chi connectivity index (χ1n) is 20.2. The zero-order valence-corrected chi connectivity index (χ0v) is 33.7. The summed E-state index contributed by atoms with van der Waals surface area (Å²) in [5.74, 6) is 1.99. The molecule has 0 heterocycles. The molecule has 5 fully saturated rings. The number of aliphatic carboxylic acids is 1. The Morgan fingerprint density at radius 2 is 1.63 bits per heavy atom. The van der Waals surface area contributed by atoms with Crippen molar-refractivity contribution in [3.63, 3.8) is 0 Å². The molecule has 7 nitrogen and oxygen atoms in total. The largest absolute Gasteiger partial charge is 0.497 e. The van der Waals surface area contributed by atoms with Crippen LogP contribution in [0.25, 0.3) is 0 Å². The Morgan fingerprint density at radius 1 is 0.904 bits per heavy atom. The molecule has 10 atom stereocenters. The number of fused-ring (bicyclic) bond motifs is 7. The van der Waals surface area contributed by atoms with Crippen LogP contribution in [0.15, 0.2) is 36.4 Å². The molecule has 0 aliphatic heterocycles. The molecule has 0 radical (unpaired) electrons. The summed E-state index contributed by atoms with van der Waals surface area (Å²) in [6.07, 6.45) is 10.3. The molecule has 5 saturated carbocycles. The Morgan fingerprint density at radius 3 is 2.31 bits per heavy atom. The third-order valence-corrected chi connectivity index (χ3v) is 16.6. The third kappa shape index (κ3) is 6.22. The lowest BCUT2D eigenvalue weighted by atomic mass is 9.32. The van der Waals surface area contributed by atoms with E-state index in [0.29, 0.717) is 36.1 Å². The SMILES string of the molecule is C=C(C)[C@@H]1CC[C@]2(C(=O)NCc3cccc(OC)c3)CC[C@]3(C)[C@H](CC[C@@H]4[C@@]5(C)CC[C@H](OC(=O)CC(C)(C)CC(=O)O)C(C)(C)[C@@H]5CC[C@]43C)[C@@H]12. The van der Waals surface area contributed by atoms with E-state index in [0.717, 1.165) is 69.1 Å². The Hall–Kier alpha value is -2.83. The minimum absolute atomic E-state index is 0.0556. The number of benzene rings is 1. The van der Waals surface area contributed by atoms with Crippen molar-refractivity contribution in [1.82, 2.24) is 5.32 Å². The summed E-state index contributed by atoms with van der Waals surface area (Å²) in [6, 6.07) is 8.00. The number of carbonyl (C=O) groups is 3. The minimum atomic E-state index is -0.889. The molecule has 0 bridgehead atoms. The number of nitrogens with one attached hydrogen (secondary N) is 1. The van der Waals surface area contributed by atoms with Gasteiger partial charge in [-0.1, -0.05) is 72.8 Å². The number of carboxylic acids is 1. The van der Waals surface area contributed by atoms with E-state index >= 15 is 0 Å². The molecule has 52 heavy (non-hydrogen) atoms. The Bertz CT molecular complexity index is 1580. The summed E-state index contributed by atoms with van der Waals surface area (Å²) in [7, 11) is 1.68. The van der Waals surface area contributed by atoms with Crippen LogP contribution in [0.5, 0.6) is 5.75 Å². The number of amides is 1. The molecule has 1 aromatic carbocycles.